The van der Waals surface area contributed by atoms with Crippen molar-refractivity contribution in [2.45, 2.75) is 6.18 Å². The Morgan fingerprint density at radius 2 is 1.68 bits per heavy atom. The zero-order chi connectivity index (χ0) is 14.3. The van der Waals surface area contributed by atoms with Gasteiger partial charge < -0.3 is 14.4 Å². The van der Waals surface area contributed by atoms with Crippen molar-refractivity contribution in [3.63, 3.8) is 0 Å². The molecule has 0 aliphatic carbocycles. The Kier molecular flexibility index (Phi) is 6.04. The molecule has 0 aromatic carbocycles. The molecule has 0 bridgehead atoms. The third kappa shape index (κ3) is 5.04. The van der Waals surface area contributed by atoms with Crippen LogP contribution in [0.5, 0.6) is 0 Å². The lowest BCUT2D eigenvalue weighted by molar-refractivity contribution is -0.137. The fourth-order valence-corrected chi connectivity index (χ4v) is 1.48. The molecular formula is C12H17F3N2O2. The molecule has 0 saturated heterocycles. The maximum Gasteiger partial charge on any atom is 0.417 e. The van der Waals surface area contributed by atoms with Crippen LogP contribution in [-0.2, 0) is 15.7 Å². The number of alkyl halides is 3. The fourth-order valence-electron chi connectivity index (χ4n) is 1.48. The monoisotopic (exact) mass is 278 g/mol. The minimum absolute atomic E-state index is 0.465. The molecule has 4 nitrogen and oxygen atoms in total. The summed E-state index contributed by atoms with van der Waals surface area (Å²) in [6, 6.07) is 2.38. The van der Waals surface area contributed by atoms with Gasteiger partial charge in [-0.05, 0) is 12.1 Å². The Morgan fingerprint density at radius 1 is 1.11 bits per heavy atom. The second-order valence-corrected chi connectivity index (χ2v) is 3.88. The number of anilines is 1. The minimum atomic E-state index is -4.37. The average molecular weight is 278 g/mol. The number of hydrogen-bond acceptors (Lipinski definition) is 4. The van der Waals surface area contributed by atoms with E-state index in [1.54, 1.807) is 14.2 Å². The molecule has 1 aromatic rings. The van der Waals surface area contributed by atoms with Gasteiger partial charge in [-0.2, -0.15) is 13.2 Å². The van der Waals surface area contributed by atoms with Crippen LogP contribution in [0.15, 0.2) is 18.3 Å². The molecule has 0 fully saturated rings. The second-order valence-electron chi connectivity index (χ2n) is 3.88. The largest absolute Gasteiger partial charge is 0.417 e. The van der Waals surface area contributed by atoms with Crippen molar-refractivity contribution in [2.24, 2.45) is 0 Å². The highest BCUT2D eigenvalue weighted by Gasteiger charge is 2.30. The van der Waals surface area contributed by atoms with Gasteiger partial charge in [0.15, 0.2) is 0 Å². The summed E-state index contributed by atoms with van der Waals surface area (Å²) in [4.78, 5) is 5.66. The van der Waals surface area contributed by atoms with Crippen molar-refractivity contribution in [3.8, 4) is 0 Å². The van der Waals surface area contributed by atoms with E-state index in [0.29, 0.717) is 32.1 Å². The topological polar surface area (TPSA) is 34.6 Å². The third-order valence-corrected chi connectivity index (χ3v) is 2.53. The van der Waals surface area contributed by atoms with Gasteiger partial charge in [0.1, 0.15) is 5.82 Å². The zero-order valence-electron chi connectivity index (χ0n) is 10.9. The molecule has 0 aliphatic heterocycles. The van der Waals surface area contributed by atoms with Gasteiger partial charge in [-0.25, -0.2) is 4.98 Å². The average Bonchev–Trinajstić information content (AvgIpc) is 2.38. The Hall–Kier alpha value is -1.34. The molecule has 0 saturated carbocycles. The Bertz CT molecular complexity index is 360. The third-order valence-electron chi connectivity index (χ3n) is 2.53. The maximum absolute atomic E-state index is 12.4. The first-order valence-electron chi connectivity index (χ1n) is 5.75. The molecule has 0 unspecified atom stereocenters. The van der Waals surface area contributed by atoms with Crippen LogP contribution >= 0.6 is 0 Å². The summed E-state index contributed by atoms with van der Waals surface area (Å²) in [5.41, 5.74) is -0.755. The number of pyridine rings is 1. The van der Waals surface area contributed by atoms with Crippen molar-refractivity contribution < 1.29 is 22.6 Å². The normalized spacial score (nSPS) is 11.6. The van der Waals surface area contributed by atoms with Gasteiger partial charge in [0.2, 0.25) is 0 Å². The van der Waals surface area contributed by atoms with Crippen LogP contribution < -0.4 is 4.90 Å². The SMILES string of the molecule is COCCN(CCOC)c1ccc(C(F)(F)F)cn1. The predicted molar refractivity (Wildman–Crippen MR) is 65.2 cm³/mol. The van der Waals surface area contributed by atoms with Crippen LogP contribution in [0.4, 0.5) is 19.0 Å². The van der Waals surface area contributed by atoms with E-state index in [4.69, 9.17) is 9.47 Å². The molecular weight excluding hydrogens is 261 g/mol. The lowest BCUT2D eigenvalue weighted by atomic mass is 10.2. The van der Waals surface area contributed by atoms with Crippen LogP contribution in [0.25, 0.3) is 0 Å². The molecule has 0 aliphatic rings. The summed E-state index contributed by atoms with van der Waals surface area (Å²) >= 11 is 0. The highest BCUT2D eigenvalue weighted by Crippen LogP contribution is 2.29. The van der Waals surface area contributed by atoms with Gasteiger partial charge in [0, 0.05) is 33.5 Å². The van der Waals surface area contributed by atoms with Gasteiger partial charge in [0.05, 0.1) is 18.8 Å². The molecule has 19 heavy (non-hydrogen) atoms. The summed E-state index contributed by atoms with van der Waals surface area (Å²) in [5.74, 6) is 0.474. The molecule has 7 heteroatoms. The van der Waals surface area contributed by atoms with E-state index >= 15 is 0 Å². The van der Waals surface area contributed by atoms with Crippen LogP contribution in [0.3, 0.4) is 0 Å². The molecule has 0 radical (unpaired) electrons. The van der Waals surface area contributed by atoms with Crippen molar-refractivity contribution in [1.82, 2.24) is 4.98 Å². The van der Waals surface area contributed by atoms with Gasteiger partial charge in [-0.1, -0.05) is 0 Å². The Labute approximate surface area is 110 Å². The first-order valence-corrected chi connectivity index (χ1v) is 5.75. The number of nitrogens with zero attached hydrogens (tertiary/aromatic N) is 2. The highest BCUT2D eigenvalue weighted by atomic mass is 19.4. The van der Waals surface area contributed by atoms with E-state index in [9.17, 15) is 13.2 Å². The second kappa shape index (κ2) is 7.30. The van der Waals surface area contributed by atoms with E-state index in [1.807, 2.05) is 4.90 Å². The molecule has 1 rings (SSSR count). The molecule has 108 valence electrons. The molecule has 0 N–H and O–H groups in total. The lowest BCUT2D eigenvalue weighted by Crippen LogP contribution is -2.31. The molecule has 0 amide bonds. The van der Waals surface area contributed by atoms with Gasteiger partial charge >= 0.3 is 6.18 Å². The van der Waals surface area contributed by atoms with Gasteiger partial charge in [-0.15, -0.1) is 0 Å². The number of hydrogen-bond donors (Lipinski definition) is 0. The first kappa shape index (κ1) is 15.7. The van der Waals surface area contributed by atoms with Crippen molar-refractivity contribution in [1.29, 1.82) is 0 Å². The minimum Gasteiger partial charge on any atom is -0.383 e. The zero-order valence-corrected chi connectivity index (χ0v) is 10.9. The van der Waals surface area contributed by atoms with E-state index in [2.05, 4.69) is 4.98 Å². The summed E-state index contributed by atoms with van der Waals surface area (Å²) in [6.07, 6.45) is -3.53. The van der Waals surface area contributed by atoms with Crippen molar-refractivity contribution in [2.75, 3.05) is 45.4 Å². The number of halogens is 3. The van der Waals surface area contributed by atoms with Gasteiger partial charge in [0.25, 0.3) is 0 Å². The smallest absolute Gasteiger partial charge is 0.383 e. The summed E-state index contributed by atoms with van der Waals surface area (Å²) in [6.45, 7) is 2.01. The Balaban J connectivity index is 2.78. The van der Waals surface area contributed by atoms with E-state index in [-0.39, 0.29) is 0 Å². The van der Waals surface area contributed by atoms with E-state index in [1.165, 1.54) is 6.07 Å². The van der Waals surface area contributed by atoms with Crippen molar-refractivity contribution >= 4 is 5.82 Å². The molecule has 0 atom stereocenters. The molecule has 1 heterocycles. The predicted octanol–water partition coefficient (Wildman–Crippen LogP) is 2.20. The van der Waals surface area contributed by atoms with Crippen molar-refractivity contribution in [3.05, 3.63) is 23.9 Å². The molecule has 0 spiro atoms. The van der Waals surface area contributed by atoms with Crippen LogP contribution in [0.2, 0.25) is 0 Å². The number of ether oxygens (including phenoxy) is 2. The van der Waals surface area contributed by atoms with E-state index in [0.717, 1.165) is 12.3 Å². The number of methoxy groups -OCH3 is 2. The summed E-state index contributed by atoms with van der Waals surface area (Å²) in [7, 11) is 3.13. The summed E-state index contributed by atoms with van der Waals surface area (Å²) in [5, 5.41) is 0. The van der Waals surface area contributed by atoms with Crippen LogP contribution in [0.1, 0.15) is 5.56 Å². The fraction of sp³-hybridized carbons (Fsp3) is 0.583. The highest BCUT2D eigenvalue weighted by molar-refractivity contribution is 5.39. The number of aromatic nitrogens is 1. The summed E-state index contributed by atoms with van der Waals surface area (Å²) < 4.78 is 47.2. The molecule has 1 aromatic heterocycles. The lowest BCUT2D eigenvalue weighted by Gasteiger charge is -2.23. The van der Waals surface area contributed by atoms with Crippen LogP contribution in [-0.4, -0.2) is 45.5 Å². The quantitative estimate of drug-likeness (QED) is 0.766. The standard InChI is InChI=1S/C12H17F3N2O2/c1-18-7-5-17(6-8-19-2)11-4-3-10(9-16-11)12(13,14)15/h3-4,9H,5-8H2,1-2H3. The van der Waals surface area contributed by atoms with Gasteiger partial charge in [-0.3, -0.25) is 0 Å². The Morgan fingerprint density at radius 3 is 2.05 bits per heavy atom. The maximum atomic E-state index is 12.4. The van der Waals surface area contributed by atoms with Crippen LogP contribution in [0, 0.1) is 0 Å². The number of rotatable bonds is 7. The van der Waals surface area contributed by atoms with E-state index < -0.39 is 11.7 Å². The first-order chi connectivity index (χ1) is 8.99.